The van der Waals surface area contributed by atoms with Crippen molar-refractivity contribution in [1.29, 1.82) is 0 Å². The molecule has 2 heterocycles. The zero-order chi connectivity index (χ0) is 75.6. The number of aliphatic hydroxyl groups is 5. The Morgan fingerprint density at radius 1 is 0.772 bits per heavy atom. The Labute approximate surface area is 598 Å². The molecule has 15 N–H and O–H groups in total. The molecule has 0 radical (unpaired) electrons. The van der Waals surface area contributed by atoms with Crippen LogP contribution >= 0.6 is 32.9 Å². The van der Waals surface area contributed by atoms with Gasteiger partial charge < -0.3 is 86.5 Å². The Kier molecular flexibility index (Phi) is 39.6. The lowest BCUT2D eigenvalue weighted by atomic mass is 9.92. The number of ether oxygens (including phenoxy) is 3. The number of hydrogen-bond donors (Lipinski definition) is 15. The van der Waals surface area contributed by atoms with Gasteiger partial charge in [-0.3, -0.25) is 58.3 Å². The first-order valence-electron chi connectivity index (χ1n) is 33.5. The Morgan fingerprint density at radius 2 is 1.45 bits per heavy atom. The van der Waals surface area contributed by atoms with E-state index in [0.29, 0.717) is 24.8 Å². The molecule has 568 valence electrons. The van der Waals surface area contributed by atoms with E-state index < -0.39 is 183 Å². The minimum Gasteiger partial charge on any atom is -0.508 e. The highest BCUT2D eigenvalue weighted by atomic mass is 33.1. The van der Waals surface area contributed by atoms with Crippen LogP contribution in [0.1, 0.15) is 160 Å². The zero-order valence-electron chi connectivity index (χ0n) is 58.5. The smallest absolute Gasteiger partial charge is 0.426 e. The summed E-state index contributed by atoms with van der Waals surface area (Å²) in [6, 6.07) is 0.0116. The average Bonchev–Trinajstić information content (AvgIpc) is 1.76. The predicted octanol–water partition coefficient (Wildman–Crippen LogP) is 1.41. The van der Waals surface area contributed by atoms with Crippen molar-refractivity contribution in [2.45, 2.75) is 206 Å². The molecule has 1 aliphatic heterocycles. The molecule has 1 fully saturated rings. The summed E-state index contributed by atoms with van der Waals surface area (Å²) in [6.45, 7) is 11.8. The number of amides is 8. The normalized spacial score (nSPS) is 17.0. The van der Waals surface area contributed by atoms with E-state index in [4.69, 9.17) is 24.4 Å². The third-order valence-electron chi connectivity index (χ3n) is 16.7. The summed E-state index contributed by atoms with van der Waals surface area (Å²) >= 11 is 1.02. The molecule has 101 heavy (non-hydrogen) atoms. The maximum atomic E-state index is 15.0. The number of likely N-dealkylation sites (N-methyl/N-ethyl adjacent to an activating group) is 1. The number of aromatic hydroxyl groups is 1. The molecule has 1 unspecified atom stereocenters. The van der Waals surface area contributed by atoms with Crippen LogP contribution in [0.2, 0.25) is 0 Å². The number of aromatic nitrogens is 1. The largest absolute Gasteiger partial charge is 0.508 e. The number of hydrazine groups is 1. The van der Waals surface area contributed by atoms with Crippen LogP contribution < -0.4 is 37.4 Å². The fraction of sp³-hybridized carbons (Fsp3) is 0.677. The van der Waals surface area contributed by atoms with Crippen LogP contribution in [0.3, 0.4) is 0 Å². The van der Waals surface area contributed by atoms with E-state index in [-0.39, 0.29) is 84.4 Å². The van der Waals surface area contributed by atoms with E-state index in [1.165, 1.54) is 43.2 Å². The van der Waals surface area contributed by atoms with Gasteiger partial charge in [0.15, 0.2) is 12.8 Å². The van der Waals surface area contributed by atoms with Crippen LogP contribution in [-0.4, -0.2) is 239 Å². The summed E-state index contributed by atoms with van der Waals surface area (Å²) < 4.78 is 16.7. The number of piperidine rings is 1. The molecule has 0 saturated carbocycles. The number of likely N-dealkylation sites (tertiary alicyclic amines) is 1. The molecule has 33 nitrogen and oxygen atoms in total. The lowest BCUT2D eigenvalue weighted by Crippen LogP contribution is -2.59. The van der Waals surface area contributed by atoms with Crippen molar-refractivity contribution in [3.63, 3.8) is 0 Å². The van der Waals surface area contributed by atoms with Gasteiger partial charge in [-0.05, 0) is 88.1 Å². The maximum absolute atomic E-state index is 15.0. The first kappa shape index (κ1) is 87.8. The number of esters is 2. The Balaban J connectivity index is 1.68. The number of thiazole rings is 1. The predicted molar refractivity (Wildman–Crippen MR) is 370 cm³/mol. The van der Waals surface area contributed by atoms with E-state index in [0.717, 1.165) is 52.3 Å². The third-order valence-corrected chi connectivity index (χ3v) is 20.1. The highest BCUT2D eigenvalue weighted by Crippen LogP contribution is 2.32. The number of rotatable bonds is 45. The van der Waals surface area contributed by atoms with Gasteiger partial charge >= 0.3 is 30.0 Å². The lowest BCUT2D eigenvalue weighted by molar-refractivity contribution is -0.160. The number of phenolic OH excluding ortho intramolecular Hbond substituents is 1. The van der Waals surface area contributed by atoms with Crippen LogP contribution in [0, 0.1) is 23.7 Å². The fourth-order valence-electron chi connectivity index (χ4n) is 10.5. The molecule has 1 saturated heterocycles. The topological polar surface area (TPSA) is 498 Å². The molecule has 1 aromatic carbocycles. The molecule has 0 bridgehead atoms. The lowest BCUT2D eigenvalue weighted by Gasteiger charge is -2.39. The number of carbonyl (C=O) groups is 12. The first-order valence-corrected chi connectivity index (χ1v) is 36.9. The fourth-order valence-corrected chi connectivity index (χ4v) is 13.3. The second kappa shape index (κ2) is 45.5. The second-order valence-corrected chi connectivity index (χ2v) is 28.8. The molecule has 0 spiro atoms. The number of nitrogens with one attached hydrogen (secondary N) is 7. The van der Waals surface area contributed by atoms with Gasteiger partial charge in [0.05, 0.1) is 18.8 Å². The molecular weight excluding hydrogens is 1380 g/mol. The van der Waals surface area contributed by atoms with Gasteiger partial charge in [-0.1, -0.05) is 95.0 Å². The third kappa shape index (κ3) is 31.4. The number of carbonyl (C=O) groups excluding carboxylic acids is 10. The van der Waals surface area contributed by atoms with Crippen molar-refractivity contribution in [2.24, 2.45) is 23.7 Å². The van der Waals surface area contributed by atoms with Gasteiger partial charge in [-0.25, -0.2) is 20.0 Å². The van der Waals surface area contributed by atoms with Crippen LogP contribution in [0.25, 0.3) is 0 Å². The van der Waals surface area contributed by atoms with E-state index in [9.17, 15) is 88.2 Å². The quantitative estimate of drug-likeness (QED) is 0.0111. The monoisotopic (exact) mass is 1490 g/mol. The van der Waals surface area contributed by atoms with Gasteiger partial charge in [0.25, 0.3) is 5.91 Å². The number of aliphatic carboxylic acids is 2. The molecule has 14 atom stereocenters. The van der Waals surface area contributed by atoms with Gasteiger partial charge in [-0.2, -0.15) is 0 Å². The van der Waals surface area contributed by atoms with Gasteiger partial charge in [0.2, 0.25) is 35.4 Å². The highest BCUT2D eigenvalue weighted by Gasteiger charge is 2.40. The number of benzene rings is 1. The summed E-state index contributed by atoms with van der Waals surface area (Å²) in [5, 5.41) is 92.3. The molecule has 1 aliphatic rings. The Morgan fingerprint density at radius 3 is 2.06 bits per heavy atom. The Bertz CT molecular complexity index is 3020. The van der Waals surface area contributed by atoms with Crippen molar-refractivity contribution in [3.8, 4) is 5.75 Å². The number of carboxylic acid groups (broad SMARTS) is 2. The summed E-state index contributed by atoms with van der Waals surface area (Å²) in [5.74, 6) is -11.5. The second-order valence-electron chi connectivity index (χ2n) is 25.3. The summed E-state index contributed by atoms with van der Waals surface area (Å²) in [4.78, 5) is 166. The van der Waals surface area contributed by atoms with Crippen LogP contribution in [0.4, 0.5) is 4.79 Å². The molecule has 8 amide bonds. The van der Waals surface area contributed by atoms with Crippen LogP contribution in [-0.2, 0) is 68.6 Å². The van der Waals surface area contributed by atoms with E-state index in [1.807, 2.05) is 46.6 Å². The van der Waals surface area contributed by atoms with Crippen LogP contribution in [0.5, 0.6) is 5.75 Å². The van der Waals surface area contributed by atoms with Crippen molar-refractivity contribution in [3.05, 3.63) is 45.9 Å². The molecule has 3 rings (SSSR count). The highest BCUT2D eigenvalue weighted by molar-refractivity contribution is 8.76. The van der Waals surface area contributed by atoms with Gasteiger partial charge in [0, 0.05) is 80.0 Å². The average molecular weight is 1490 g/mol. The van der Waals surface area contributed by atoms with Crippen molar-refractivity contribution < 1.29 is 113 Å². The molecule has 2 aromatic rings. The summed E-state index contributed by atoms with van der Waals surface area (Å²) in [5.41, 5.74) is 5.02. The molecule has 36 heteroatoms. The minimum absolute atomic E-state index is 0.0149. The number of hydrogen-bond acceptors (Lipinski definition) is 26. The number of phenols is 1. The van der Waals surface area contributed by atoms with Crippen LogP contribution in [0.15, 0.2) is 29.6 Å². The molecular formula is C65H102N10O23S3. The first-order chi connectivity index (χ1) is 47.7. The SMILES string of the molecule is CCCC(=O)OCN(C(=O)[C@@H](NC(=O)[C@H]1CCCCN1C)C(C)CC)[C@H](C[C@@H](OC(C)=O)c1nc(C(=O)N[C@@H](Cc2ccc(O)cc2)C[C@H](C)C(=O)NNC(=O)OCCSSC[C@H](NC(=O)[C@H](CCC(=O)NC[C@H](O)[C@@H](O)[C@H](O)[C@H](O)CO)NC(=O)[C@@H](C)CCC(=O)O)C(=O)O)cs1)C(C)C. The molecule has 0 aliphatic carbocycles. The van der Waals surface area contributed by atoms with E-state index >= 15 is 0 Å². The Hall–Kier alpha value is -7.45. The summed E-state index contributed by atoms with van der Waals surface area (Å²) in [6.07, 6.45) is -7.70. The summed E-state index contributed by atoms with van der Waals surface area (Å²) in [7, 11) is 3.85. The van der Waals surface area contributed by atoms with Gasteiger partial charge in [0.1, 0.15) is 59.5 Å². The molecule has 1 aromatic heterocycles. The minimum atomic E-state index is -1.99. The van der Waals surface area contributed by atoms with Crippen molar-refractivity contribution >= 4 is 104 Å². The number of carboxylic acids is 2. The maximum Gasteiger partial charge on any atom is 0.426 e. The number of aliphatic hydroxyl groups excluding tert-OH is 5. The zero-order valence-corrected chi connectivity index (χ0v) is 60.9. The van der Waals surface area contributed by atoms with Gasteiger partial charge in [-0.15, -0.1) is 11.3 Å². The number of nitrogens with zero attached hydrogens (tertiary/aromatic N) is 3. The van der Waals surface area contributed by atoms with Crippen molar-refractivity contribution in [2.75, 3.05) is 51.6 Å². The van der Waals surface area contributed by atoms with E-state index in [2.05, 4.69) is 42.4 Å². The van der Waals surface area contributed by atoms with E-state index in [1.54, 1.807) is 12.1 Å². The van der Waals surface area contributed by atoms with Crippen molar-refractivity contribution in [1.82, 2.24) is 52.2 Å². The standard InChI is InChI=1S/C65H102N10O23S3/c1-10-14-53(84)97-34-75(63(92)54(36(5)11-2)71-61(91)46-15-12-13-24-74(46)9)47(35(3)4)29-50(98-39(8)77)62-70-44(32-99-62)60(90)67-41(28-40-17-19-42(78)20-18-40)27-38(7)58(88)72-73-65(95)96-25-26-100-101-33-45(64(93)94)69-59(89)43(68-57(87)37(6)16-23-52(82)83)21-22-51(81)66-30-48(79)55(85)56(86)49(80)31-76/h17-20,32,35-38,41,43,45-50,54-56,76,78-80,85-86H,10-16,21-31,33-34H2,1-9H3,(H,66,81)(H,67,90)(H,68,87)(H,69,89)(H,71,91)(H,72,88)(H,73,95)(H,82,83)(H,93,94)/t36?,37-,38-,41+,43-,45-,46+,47+,48-,49+,50+,54-,55+,56+/m0/s1.